The van der Waals surface area contributed by atoms with Gasteiger partial charge in [0, 0.05) is 10.2 Å². The first-order valence-electron chi connectivity index (χ1n) is 7.55. The number of anilines is 1. The van der Waals surface area contributed by atoms with E-state index in [0.29, 0.717) is 27.1 Å². The summed E-state index contributed by atoms with van der Waals surface area (Å²) in [6.07, 6.45) is 0. The van der Waals surface area contributed by atoms with E-state index in [2.05, 4.69) is 31.9 Å². The van der Waals surface area contributed by atoms with Crippen LogP contribution in [0.1, 0.15) is 18.5 Å². The summed E-state index contributed by atoms with van der Waals surface area (Å²) in [6, 6.07) is 14.6. The number of amides is 1. The minimum Gasteiger partial charge on any atom is -0.351 e. The lowest BCUT2D eigenvalue weighted by atomic mass is 9.95. The highest BCUT2D eigenvalue weighted by atomic mass is 79.9. The van der Waals surface area contributed by atoms with Crippen molar-refractivity contribution in [3.63, 3.8) is 0 Å². The minimum atomic E-state index is -0.343. The number of hydrogen-bond donors (Lipinski definition) is 3. The molecular weight excluding hydrogens is 422 g/mol. The number of allylic oxidation sites excluding steroid dienone is 1. The number of carbonyl (C=O) groups excluding carboxylic acids is 1. The van der Waals surface area contributed by atoms with Gasteiger partial charge in [-0.1, -0.05) is 51.8 Å². The molecule has 0 spiro atoms. The van der Waals surface area contributed by atoms with Gasteiger partial charge in [0.1, 0.15) is 0 Å². The van der Waals surface area contributed by atoms with E-state index >= 15 is 0 Å². The molecule has 1 unspecified atom stereocenters. The Balaban J connectivity index is 1.96. The van der Waals surface area contributed by atoms with Gasteiger partial charge in [0.2, 0.25) is 0 Å². The van der Waals surface area contributed by atoms with Crippen LogP contribution in [0, 0.1) is 0 Å². The summed E-state index contributed by atoms with van der Waals surface area (Å²) >= 11 is 14.8. The Morgan fingerprint density at radius 1 is 1.20 bits per heavy atom. The molecule has 3 rings (SSSR count). The van der Waals surface area contributed by atoms with Crippen LogP contribution in [0.15, 0.2) is 64.3 Å². The van der Waals surface area contributed by atoms with E-state index in [1.807, 2.05) is 43.3 Å². The van der Waals surface area contributed by atoms with Crippen LogP contribution >= 0.6 is 39.7 Å². The first kappa shape index (κ1) is 17.9. The lowest BCUT2D eigenvalue weighted by Crippen LogP contribution is -2.45. The molecule has 0 saturated heterocycles. The Hall–Kier alpha value is -1.89. The Labute approximate surface area is 164 Å². The number of halogens is 2. The molecule has 1 amide bonds. The number of benzene rings is 2. The van der Waals surface area contributed by atoms with Crippen LogP contribution in [-0.2, 0) is 4.79 Å². The molecule has 0 radical (unpaired) electrons. The Morgan fingerprint density at radius 2 is 1.88 bits per heavy atom. The molecule has 7 heteroatoms. The SMILES string of the molecule is CC1=C(C(=O)Nc2ccccc2Cl)C(c2ccc(Br)cc2)NC(=S)N1. The highest BCUT2D eigenvalue weighted by Crippen LogP contribution is 2.29. The second kappa shape index (κ2) is 7.56. The van der Waals surface area contributed by atoms with Crippen LogP contribution in [-0.4, -0.2) is 11.0 Å². The zero-order valence-corrected chi connectivity index (χ0v) is 16.4. The van der Waals surface area contributed by atoms with Crippen LogP contribution in [0.3, 0.4) is 0 Å². The van der Waals surface area contributed by atoms with Crippen molar-refractivity contribution in [2.24, 2.45) is 0 Å². The number of thiocarbonyl (C=S) groups is 1. The van der Waals surface area contributed by atoms with Crippen molar-refractivity contribution in [2.45, 2.75) is 13.0 Å². The molecule has 0 aromatic heterocycles. The predicted octanol–water partition coefficient (Wildman–Crippen LogP) is 4.53. The van der Waals surface area contributed by atoms with Crippen LogP contribution in [0.25, 0.3) is 0 Å². The summed E-state index contributed by atoms with van der Waals surface area (Å²) in [7, 11) is 0. The van der Waals surface area contributed by atoms with E-state index in [-0.39, 0.29) is 11.9 Å². The summed E-state index contributed by atoms with van der Waals surface area (Å²) in [4.78, 5) is 12.9. The van der Waals surface area contributed by atoms with Gasteiger partial charge in [-0.15, -0.1) is 0 Å². The zero-order chi connectivity index (χ0) is 18.0. The third-order valence-corrected chi connectivity index (χ3v) is 4.92. The molecule has 4 nitrogen and oxygen atoms in total. The predicted molar refractivity (Wildman–Crippen MR) is 109 cm³/mol. The lowest BCUT2D eigenvalue weighted by molar-refractivity contribution is -0.113. The maximum absolute atomic E-state index is 12.9. The second-order valence-corrected chi connectivity index (χ2v) is 7.29. The van der Waals surface area contributed by atoms with Gasteiger partial charge in [0.05, 0.1) is 22.3 Å². The largest absolute Gasteiger partial charge is 0.351 e. The molecule has 1 atom stereocenters. The molecule has 0 fully saturated rings. The average molecular weight is 437 g/mol. The summed E-state index contributed by atoms with van der Waals surface area (Å²) < 4.78 is 0.968. The molecule has 1 aliphatic rings. The van der Waals surface area contributed by atoms with Crippen molar-refractivity contribution >= 4 is 56.5 Å². The molecule has 1 heterocycles. The molecule has 1 aliphatic heterocycles. The van der Waals surface area contributed by atoms with Crippen molar-refractivity contribution in [1.82, 2.24) is 10.6 Å². The topological polar surface area (TPSA) is 53.2 Å². The molecule has 0 bridgehead atoms. The van der Waals surface area contributed by atoms with Crippen molar-refractivity contribution in [3.8, 4) is 0 Å². The van der Waals surface area contributed by atoms with E-state index in [9.17, 15) is 4.79 Å². The average Bonchev–Trinajstić information content (AvgIpc) is 2.57. The van der Waals surface area contributed by atoms with Crippen molar-refractivity contribution < 1.29 is 4.79 Å². The third kappa shape index (κ3) is 4.03. The molecule has 2 aromatic carbocycles. The zero-order valence-electron chi connectivity index (χ0n) is 13.3. The summed E-state index contributed by atoms with van der Waals surface area (Å²) in [6.45, 7) is 1.83. The molecule has 0 aliphatic carbocycles. The highest BCUT2D eigenvalue weighted by molar-refractivity contribution is 9.10. The van der Waals surface area contributed by atoms with E-state index in [0.717, 1.165) is 10.0 Å². The fraction of sp³-hybridized carbons (Fsp3) is 0.111. The van der Waals surface area contributed by atoms with E-state index < -0.39 is 0 Å². The number of carbonyl (C=O) groups is 1. The Bertz CT molecular complexity index is 867. The monoisotopic (exact) mass is 435 g/mol. The minimum absolute atomic E-state index is 0.235. The molecular formula is C18H15BrClN3OS. The van der Waals surface area contributed by atoms with Crippen LogP contribution < -0.4 is 16.0 Å². The fourth-order valence-electron chi connectivity index (χ4n) is 2.65. The van der Waals surface area contributed by atoms with E-state index in [1.165, 1.54) is 0 Å². The van der Waals surface area contributed by atoms with Gasteiger partial charge in [0.15, 0.2) is 5.11 Å². The number of nitrogens with one attached hydrogen (secondary N) is 3. The van der Waals surface area contributed by atoms with Gasteiger partial charge < -0.3 is 16.0 Å². The number of rotatable bonds is 3. The normalized spacial score (nSPS) is 16.9. The molecule has 3 N–H and O–H groups in total. The highest BCUT2D eigenvalue weighted by Gasteiger charge is 2.30. The number of hydrogen-bond acceptors (Lipinski definition) is 2. The summed E-state index contributed by atoms with van der Waals surface area (Å²) in [5.41, 5.74) is 2.78. The van der Waals surface area contributed by atoms with Crippen LogP contribution in [0.2, 0.25) is 5.02 Å². The molecule has 25 heavy (non-hydrogen) atoms. The van der Waals surface area contributed by atoms with Gasteiger partial charge in [-0.25, -0.2) is 0 Å². The van der Waals surface area contributed by atoms with Gasteiger partial charge in [-0.05, 0) is 49.0 Å². The first-order valence-corrected chi connectivity index (χ1v) is 9.13. The Morgan fingerprint density at radius 3 is 2.56 bits per heavy atom. The van der Waals surface area contributed by atoms with Gasteiger partial charge in [0.25, 0.3) is 5.91 Å². The molecule has 128 valence electrons. The van der Waals surface area contributed by atoms with Gasteiger partial charge in [-0.3, -0.25) is 4.79 Å². The van der Waals surface area contributed by atoms with E-state index in [1.54, 1.807) is 12.1 Å². The fourth-order valence-corrected chi connectivity index (χ4v) is 3.37. The number of para-hydroxylation sites is 1. The summed E-state index contributed by atoms with van der Waals surface area (Å²) in [5, 5.41) is 10.0. The molecule has 0 saturated carbocycles. The van der Waals surface area contributed by atoms with E-state index in [4.69, 9.17) is 23.8 Å². The van der Waals surface area contributed by atoms with Crippen molar-refractivity contribution in [2.75, 3.05) is 5.32 Å². The second-order valence-electron chi connectivity index (χ2n) is 5.56. The first-order chi connectivity index (χ1) is 12.0. The van der Waals surface area contributed by atoms with Crippen molar-refractivity contribution in [3.05, 3.63) is 74.9 Å². The van der Waals surface area contributed by atoms with Gasteiger partial charge >= 0.3 is 0 Å². The van der Waals surface area contributed by atoms with Crippen LogP contribution in [0.4, 0.5) is 5.69 Å². The molecule has 2 aromatic rings. The van der Waals surface area contributed by atoms with Crippen molar-refractivity contribution in [1.29, 1.82) is 0 Å². The standard InChI is InChI=1S/C18H15BrClN3OS/c1-10-15(17(24)22-14-5-3-2-4-13(14)20)16(23-18(25)21-10)11-6-8-12(19)9-7-11/h2-9,16H,1H3,(H,22,24)(H2,21,23,25). The van der Waals surface area contributed by atoms with Crippen LogP contribution in [0.5, 0.6) is 0 Å². The quantitative estimate of drug-likeness (QED) is 0.619. The lowest BCUT2D eigenvalue weighted by Gasteiger charge is -2.30. The maximum Gasteiger partial charge on any atom is 0.255 e. The van der Waals surface area contributed by atoms with Gasteiger partial charge in [-0.2, -0.15) is 0 Å². The maximum atomic E-state index is 12.9. The Kier molecular flexibility index (Phi) is 5.42. The summed E-state index contributed by atoms with van der Waals surface area (Å²) in [5.74, 6) is -0.235. The smallest absolute Gasteiger partial charge is 0.255 e. The third-order valence-electron chi connectivity index (χ3n) is 3.84.